The molecule has 0 bridgehead atoms. The Hall–Kier alpha value is -1.88. The van der Waals surface area contributed by atoms with E-state index >= 15 is 0 Å². The van der Waals surface area contributed by atoms with E-state index in [0.717, 1.165) is 31.2 Å². The molecule has 22 heavy (non-hydrogen) atoms. The van der Waals surface area contributed by atoms with Crippen LogP contribution in [0.5, 0.6) is 0 Å². The predicted molar refractivity (Wildman–Crippen MR) is 79.6 cm³/mol. The maximum atomic E-state index is 12.1. The van der Waals surface area contributed by atoms with Gasteiger partial charge in [-0.25, -0.2) is 0 Å². The van der Waals surface area contributed by atoms with Gasteiger partial charge in [0.2, 0.25) is 5.91 Å². The molecule has 5 heteroatoms. The molecular formula is C17H22NO4-. The van der Waals surface area contributed by atoms with Crippen LogP contribution in [-0.2, 0) is 9.59 Å². The molecule has 5 nitrogen and oxygen atoms in total. The van der Waals surface area contributed by atoms with Gasteiger partial charge in [-0.1, -0.05) is 43.2 Å². The third-order valence-corrected chi connectivity index (χ3v) is 4.40. The Kier molecular flexibility index (Phi) is 5.55. The lowest BCUT2D eigenvalue weighted by Gasteiger charge is -2.29. The standard InChI is InChI=1S/C17H23NO4/c19-14(13-6-2-1-3-7-13)12-18-15(20)10-17(11-16(21)22)8-4-5-9-17/h1-3,6-7,14,19H,4-5,8-12H2,(H,18,20)(H,21,22)/p-1/t14-/m0/s1. The molecule has 2 N–H and O–H groups in total. The number of carboxylic acid groups (broad SMARTS) is 1. The van der Waals surface area contributed by atoms with Crippen LogP contribution >= 0.6 is 0 Å². The lowest BCUT2D eigenvalue weighted by Crippen LogP contribution is -2.36. The molecule has 1 aromatic rings. The molecule has 0 unspecified atom stereocenters. The lowest BCUT2D eigenvalue weighted by molar-refractivity contribution is -0.308. The second-order valence-electron chi connectivity index (χ2n) is 6.16. The Morgan fingerprint density at radius 1 is 1.18 bits per heavy atom. The SMILES string of the molecule is O=C([O-])CC1(CC(=O)NC[C@H](O)c2ccccc2)CCCC1. The monoisotopic (exact) mass is 304 g/mol. The van der Waals surface area contributed by atoms with Gasteiger partial charge in [-0.05, 0) is 30.2 Å². The van der Waals surface area contributed by atoms with Crippen molar-refractivity contribution in [3.63, 3.8) is 0 Å². The number of rotatable bonds is 7. The van der Waals surface area contributed by atoms with Crippen LogP contribution in [0, 0.1) is 5.41 Å². The first-order chi connectivity index (χ1) is 10.5. The molecule has 0 aliphatic heterocycles. The first-order valence-electron chi connectivity index (χ1n) is 7.70. The molecule has 1 atom stereocenters. The summed E-state index contributed by atoms with van der Waals surface area (Å²) in [5, 5.41) is 23.6. The zero-order valence-corrected chi connectivity index (χ0v) is 12.6. The summed E-state index contributed by atoms with van der Waals surface area (Å²) in [6.07, 6.45) is 2.75. The molecule has 1 aromatic carbocycles. The van der Waals surface area contributed by atoms with E-state index in [1.165, 1.54) is 0 Å². The topological polar surface area (TPSA) is 89.5 Å². The fourth-order valence-corrected chi connectivity index (χ4v) is 3.25. The van der Waals surface area contributed by atoms with Crippen molar-refractivity contribution < 1.29 is 19.8 Å². The van der Waals surface area contributed by atoms with Crippen LogP contribution in [-0.4, -0.2) is 23.5 Å². The van der Waals surface area contributed by atoms with Crippen molar-refractivity contribution in [1.82, 2.24) is 5.32 Å². The Morgan fingerprint density at radius 3 is 2.41 bits per heavy atom. The van der Waals surface area contributed by atoms with E-state index < -0.39 is 17.5 Å². The number of carbonyl (C=O) groups is 2. The second kappa shape index (κ2) is 7.40. The maximum absolute atomic E-state index is 12.1. The first-order valence-corrected chi connectivity index (χ1v) is 7.70. The average molecular weight is 304 g/mol. The zero-order chi connectivity index (χ0) is 16.0. The van der Waals surface area contributed by atoms with Gasteiger partial charge in [0, 0.05) is 18.9 Å². The first kappa shape index (κ1) is 16.5. The molecule has 0 heterocycles. The number of hydrogen-bond donors (Lipinski definition) is 2. The molecule has 0 radical (unpaired) electrons. The minimum Gasteiger partial charge on any atom is -0.550 e. The van der Waals surface area contributed by atoms with Gasteiger partial charge >= 0.3 is 0 Å². The van der Waals surface area contributed by atoms with Gasteiger partial charge in [-0.3, -0.25) is 4.79 Å². The summed E-state index contributed by atoms with van der Waals surface area (Å²) >= 11 is 0. The van der Waals surface area contributed by atoms with Crippen molar-refractivity contribution in [2.75, 3.05) is 6.54 Å². The summed E-state index contributed by atoms with van der Waals surface area (Å²) in [5.41, 5.74) is 0.272. The number of amides is 1. The number of aliphatic hydroxyl groups is 1. The molecule has 1 aliphatic carbocycles. The van der Waals surface area contributed by atoms with Crippen LogP contribution < -0.4 is 10.4 Å². The van der Waals surface area contributed by atoms with E-state index in [-0.39, 0.29) is 25.3 Å². The van der Waals surface area contributed by atoms with Crippen LogP contribution in [0.2, 0.25) is 0 Å². The van der Waals surface area contributed by atoms with Crippen molar-refractivity contribution in [3.05, 3.63) is 35.9 Å². The molecule has 1 fully saturated rings. The predicted octanol–water partition coefficient (Wildman–Crippen LogP) is 0.927. The minimum atomic E-state index is -1.10. The molecule has 1 saturated carbocycles. The van der Waals surface area contributed by atoms with Crippen LogP contribution in [0.4, 0.5) is 0 Å². The van der Waals surface area contributed by atoms with Crippen LogP contribution in [0.3, 0.4) is 0 Å². The number of nitrogens with one attached hydrogen (secondary N) is 1. The molecule has 2 rings (SSSR count). The van der Waals surface area contributed by atoms with Crippen LogP contribution in [0.25, 0.3) is 0 Å². The Balaban J connectivity index is 1.85. The van der Waals surface area contributed by atoms with Gasteiger partial charge in [0.25, 0.3) is 0 Å². The molecular weight excluding hydrogens is 282 g/mol. The number of carboxylic acids is 1. The van der Waals surface area contributed by atoms with Crippen molar-refractivity contribution >= 4 is 11.9 Å². The van der Waals surface area contributed by atoms with E-state index in [9.17, 15) is 19.8 Å². The number of aliphatic carboxylic acids is 1. The van der Waals surface area contributed by atoms with Crippen molar-refractivity contribution in [2.45, 2.75) is 44.6 Å². The average Bonchev–Trinajstić information content (AvgIpc) is 2.92. The highest BCUT2D eigenvalue weighted by Gasteiger charge is 2.36. The second-order valence-corrected chi connectivity index (χ2v) is 6.16. The fraction of sp³-hybridized carbons (Fsp3) is 0.529. The van der Waals surface area contributed by atoms with E-state index in [2.05, 4.69) is 5.32 Å². The summed E-state index contributed by atoms with van der Waals surface area (Å²) in [5.74, 6) is -1.31. The zero-order valence-electron chi connectivity index (χ0n) is 12.6. The summed E-state index contributed by atoms with van der Waals surface area (Å²) in [4.78, 5) is 23.0. The molecule has 120 valence electrons. The Morgan fingerprint density at radius 2 is 1.82 bits per heavy atom. The summed E-state index contributed by atoms with van der Waals surface area (Å²) < 4.78 is 0. The Bertz CT molecular complexity index is 509. The summed E-state index contributed by atoms with van der Waals surface area (Å²) in [6, 6.07) is 9.11. The van der Waals surface area contributed by atoms with Gasteiger partial charge in [0.15, 0.2) is 0 Å². The van der Waals surface area contributed by atoms with Gasteiger partial charge in [0.1, 0.15) is 0 Å². The molecule has 1 aliphatic rings. The quantitative estimate of drug-likeness (QED) is 0.784. The van der Waals surface area contributed by atoms with E-state index in [4.69, 9.17) is 0 Å². The molecule has 0 saturated heterocycles. The van der Waals surface area contributed by atoms with Gasteiger partial charge in [-0.15, -0.1) is 0 Å². The van der Waals surface area contributed by atoms with Crippen LogP contribution in [0.15, 0.2) is 30.3 Å². The number of carbonyl (C=O) groups excluding carboxylic acids is 2. The van der Waals surface area contributed by atoms with Crippen molar-refractivity contribution in [2.24, 2.45) is 5.41 Å². The minimum absolute atomic E-state index is 0.0678. The maximum Gasteiger partial charge on any atom is 0.220 e. The third-order valence-electron chi connectivity index (χ3n) is 4.40. The van der Waals surface area contributed by atoms with Crippen molar-refractivity contribution in [1.29, 1.82) is 0 Å². The summed E-state index contributed by atoms with van der Waals surface area (Å²) in [7, 11) is 0. The number of benzene rings is 1. The lowest BCUT2D eigenvalue weighted by atomic mass is 9.79. The van der Waals surface area contributed by atoms with Gasteiger partial charge < -0.3 is 20.3 Å². The van der Waals surface area contributed by atoms with E-state index in [1.807, 2.05) is 18.2 Å². The number of aliphatic hydroxyl groups excluding tert-OH is 1. The Labute approximate surface area is 130 Å². The smallest absolute Gasteiger partial charge is 0.220 e. The van der Waals surface area contributed by atoms with Gasteiger partial charge in [-0.2, -0.15) is 0 Å². The van der Waals surface area contributed by atoms with Crippen molar-refractivity contribution in [3.8, 4) is 0 Å². The summed E-state index contributed by atoms with van der Waals surface area (Å²) in [6.45, 7) is 0.129. The highest BCUT2D eigenvalue weighted by atomic mass is 16.4. The van der Waals surface area contributed by atoms with Crippen LogP contribution in [0.1, 0.15) is 50.2 Å². The molecule has 1 amide bonds. The highest BCUT2D eigenvalue weighted by Crippen LogP contribution is 2.43. The van der Waals surface area contributed by atoms with E-state index in [0.29, 0.717) is 0 Å². The third kappa shape index (κ3) is 4.56. The fourth-order valence-electron chi connectivity index (χ4n) is 3.25. The normalized spacial score (nSPS) is 17.9. The van der Waals surface area contributed by atoms with Gasteiger partial charge in [0.05, 0.1) is 6.10 Å². The largest absolute Gasteiger partial charge is 0.550 e. The molecule has 0 spiro atoms. The molecule has 0 aromatic heterocycles. The van der Waals surface area contributed by atoms with E-state index in [1.54, 1.807) is 12.1 Å². The highest BCUT2D eigenvalue weighted by molar-refractivity contribution is 5.78. The number of hydrogen-bond acceptors (Lipinski definition) is 4.